The van der Waals surface area contributed by atoms with Crippen LogP contribution in [0.5, 0.6) is 11.5 Å². The van der Waals surface area contributed by atoms with Gasteiger partial charge in [0, 0.05) is 5.69 Å². The zero-order valence-electron chi connectivity index (χ0n) is 12.0. The molecule has 5 heteroatoms. The molecule has 0 unspecified atom stereocenters. The summed E-state index contributed by atoms with van der Waals surface area (Å²) < 4.78 is 15.6. The van der Waals surface area contributed by atoms with Crippen molar-refractivity contribution in [3.05, 3.63) is 53.6 Å². The molecule has 0 amide bonds. The van der Waals surface area contributed by atoms with E-state index in [0.29, 0.717) is 22.7 Å². The topological polar surface area (TPSA) is 70.8 Å². The molecule has 0 heterocycles. The van der Waals surface area contributed by atoms with Gasteiger partial charge in [0.05, 0.1) is 19.8 Å². The van der Waals surface area contributed by atoms with Crippen LogP contribution in [0.4, 0.5) is 5.69 Å². The van der Waals surface area contributed by atoms with Crippen LogP contribution in [-0.2, 0) is 11.3 Å². The van der Waals surface area contributed by atoms with Gasteiger partial charge in [-0.25, -0.2) is 4.79 Å². The van der Waals surface area contributed by atoms with Crippen LogP contribution in [0.25, 0.3) is 0 Å². The van der Waals surface area contributed by atoms with E-state index in [1.54, 1.807) is 50.6 Å². The Bertz CT molecular complexity index is 623. The number of ether oxygens (including phenoxy) is 3. The van der Waals surface area contributed by atoms with Gasteiger partial charge >= 0.3 is 5.97 Å². The molecule has 0 aromatic heterocycles. The summed E-state index contributed by atoms with van der Waals surface area (Å²) in [4.78, 5) is 11.9. The molecule has 2 aromatic rings. The van der Waals surface area contributed by atoms with Crippen molar-refractivity contribution in [1.82, 2.24) is 0 Å². The van der Waals surface area contributed by atoms with E-state index in [9.17, 15) is 4.79 Å². The van der Waals surface area contributed by atoms with Crippen LogP contribution >= 0.6 is 0 Å². The Balaban J connectivity index is 2.02. The normalized spacial score (nSPS) is 10.0. The van der Waals surface area contributed by atoms with Gasteiger partial charge in [-0.15, -0.1) is 0 Å². The minimum Gasteiger partial charge on any atom is -0.493 e. The first-order chi connectivity index (χ1) is 10.1. The molecule has 110 valence electrons. The van der Waals surface area contributed by atoms with Gasteiger partial charge < -0.3 is 19.9 Å². The van der Waals surface area contributed by atoms with Gasteiger partial charge in [-0.2, -0.15) is 0 Å². The Morgan fingerprint density at radius 2 is 1.67 bits per heavy atom. The number of nitrogen functional groups attached to an aromatic ring is 1. The minimum atomic E-state index is -0.398. The van der Waals surface area contributed by atoms with E-state index in [1.807, 2.05) is 6.07 Å². The zero-order valence-corrected chi connectivity index (χ0v) is 12.0. The largest absolute Gasteiger partial charge is 0.493 e. The number of carbonyl (C=O) groups is 1. The maximum absolute atomic E-state index is 11.9. The summed E-state index contributed by atoms with van der Waals surface area (Å²) in [6.45, 7) is 0.156. The molecule has 0 atom stereocenters. The summed E-state index contributed by atoms with van der Waals surface area (Å²) in [5, 5.41) is 0. The molecule has 0 saturated carbocycles. The minimum absolute atomic E-state index is 0.156. The average Bonchev–Trinajstić information content (AvgIpc) is 2.52. The molecule has 0 radical (unpaired) electrons. The molecule has 2 N–H and O–H groups in total. The van der Waals surface area contributed by atoms with Gasteiger partial charge in [0.15, 0.2) is 11.5 Å². The first-order valence-corrected chi connectivity index (χ1v) is 6.37. The molecule has 0 aliphatic rings. The molecule has 0 fully saturated rings. The van der Waals surface area contributed by atoms with Gasteiger partial charge in [-0.05, 0) is 42.0 Å². The predicted molar refractivity (Wildman–Crippen MR) is 79.5 cm³/mol. The zero-order chi connectivity index (χ0) is 15.2. The van der Waals surface area contributed by atoms with Crippen molar-refractivity contribution in [3.8, 4) is 11.5 Å². The number of esters is 1. The summed E-state index contributed by atoms with van der Waals surface area (Å²) >= 11 is 0. The van der Waals surface area contributed by atoms with Crippen LogP contribution in [0.15, 0.2) is 42.5 Å². The third-order valence-corrected chi connectivity index (χ3v) is 2.96. The van der Waals surface area contributed by atoms with Crippen molar-refractivity contribution in [1.29, 1.82) is 0 Å². The lowest BCUT2D eigenvalue weighted by molar-refractivity contribution is 0.0472. The highest BCUT2D eigenvalue weighted by molar-refractivity contribution is 5.89. The van der Waals surface area contributed by atoms with Gasteiger partial charge in [0.25, 0.3) is 0 Å². The number of benzene rings is 2. The molecule has 0 bridgehead atoms. The van der Waals surface area contributed by atoms with E-state index >= 15 is 0 Å². The molecule has 2 aromatic carbocycles. The Labute approximate surface area is 123 Å². The van der Waals surface area contributed by atoms with Gasteiger partial charge in [0.1, 0.15) is 6.61 Å². The summed E-state index contributed by atoms with van der Waals surface area (Å²) in [5.41, 5.74) is 7.46. The molecular weight excluding hydrogens is 270 g/mol. The average molecular weight is 287 g/mol. The van der Waals surface area contributed by atoms with Crippen molar-refractivity contribution in [2.45, 2.75) is 6.61 Å². The fourth-order valence-corrected chi connectivity index (χ4v) is 1.82. The molecule has 0 aliphatic heterocycles. The second-order valence-corrected chi connectivity index (χ2v) is 4.39. The standard InChI is InChI=1S/C16H17NO4/c1-19-14-8-3-11(9-15(14)20-2)10-21-16(18)12-4-6-13(17)7-5-12/h3-9H,10,17H2,1-2H3. The predicted octanol–water partition coefficient (Wildman–Crippen LogP) is 2.64. The van der Waals surface area contributed by atoms with Crippen LogP contribution in [-0.4, -0.2) is 20.2 Å². The number of nitrogens with two attached hydrogens (primary N) is 1. The van der Waals surface area contributed by atoms with Crippen LogP contribution in [0.2, 0.25) is 0 Å². The molecule has 5 nitrogen and oxygen atoms in total. The second-order valence-electron chi connectivity index (χ2n) is 4.39. The highest BCUT2D eigenvalue weighted by Crippen LogP contribution is 2.27. The first-order valence-electron chi connectivity index (χ1n) is 6.37. The quantitative estimate of drug-likeness (QED) is 0.676. The van der Waals surface area contributed by atoms with Crippen molar-refractivity contribution < 1.29 is 19.0 Å². The summed E-state index contributed by atoms with van der Waals surface area (Å²) in [5.74, 6) is 0.828. The molecular formula is C16H17NO4. The van der Waals surface area contributed by atoms with E-state index in [4.69, 9.17) is 19.9 Å². The third kappa shape index (κ3) is 3.66. The van der Waals surface area contributed by atoms with Crippen molar-refractivity contribution in [2.24, 2.45) is 0 Å². The first kappa shape index (κ1) is 14.7. The highest BCUT2D eigenvalue weighted by atomic mass is 16.5. The third-order valence-electron chi connectivity index (χ3n) is 2.96. The van der Waals surface area contributed by atoms with Crippen molar-refractivity contribution in [3.63, 3.8) is 0 Å². The Hall–Kier alpha value is -2.69. The van der Waals surface area contributed by atoms with Crippen LogP contribution < -0.4 is 15.2 Å². The molecule has 2 rings (SSSR count). The van der Waals surface area contributed by atoms with E-state index in [-0.39, 0.29) is 6.61 Å². The Kier molecular flexibility index (Phi) is 4.66. The number of hydrogen-bond donors (Lipinski definition) is 1. The number of carbonyl (C=O) groups excluding carboxylic acids is 1. The van der Waals surface area contributed by atoms with Crippen LogP contribution in [0.3, 0.4) is 0 Å². The Morgan fingerprint density at radius 3 is 2.29 bits per heavy atom. The lowest BCUT2D eigenvalue weighted by Gasteiger charge is -2.10. The fraction of sp³-hybridized carbons (Fsp3) is 0.188. The van der Waals surface area contributed by atoms with E-state index in [1.165, 1.54) is 0 Å². The lowest BCUT2D eigenvalue weighted by atomic mass is 10.2. The van der Waals surface area contributed by atoms with Crippen LogP contribution in [0, 0.1) is 0 Å². The Morgan fingerprint density at radius 1 is 1.00 bits per heavy atom. The van der Waals surface area contributed by atoms with Gasteiger partial charge in [0.2, 0.25) is 0 Å². The molecule has 0 spiro atoms. The van der Waals surface area contributed by atoms with Gasteiger partial charge in [-0.1, -0.05) is 6.07 Å². The molecule has 0 aliphatic carbocycles. The van der Waals surface area contributed by atoms with E-state index in [2.05, 4.69) is 0 Å². The van der Waals surface area contributed by atoms with E-state index < -0.39 is 5.97 Å². The number of rotatable bonds is 5. The molecule has 0 saturated heterocycles. The van der Waals surface area contributed by atoms with E-state index in [0.717, 1.165) is 5.56 Å². The number of methoxy groups -OCH3 is 2. The SMILES string of the molecule is COc1ccc(COC(=O)c2ccc(N)cc2)cc1OC. The fourth-order valence-electron chi connectivity index (χ4n) is 1.82. The highest BCUT2D eigenvalue weighted by Gasteiger charge is 2.09. The maximum Gasteiger partial charge on any atom is 0.338 e. The summed E-state index contributed by atoms with van der Waals surface area (Å²) in [6, 6.07) is 11.9. The van der Waals surface area contributed by atoms with Crippen molar-refractivity contribution in [2.75, 3.05) is 20.0 Å². The van der Waals surface area contributed by atoms with Crippen molar-refractivity contribution >= 4 is 11.7 Å². The number of anilines is 1. The maximum atomic E-state index is 11.9. The van der Waals surface area contributed by atoms with Gasteiger partial charge in [-0.3, -0.25) is 0 Å². The molecule has 21 heavy (non-hydrogen) atoms. The monoisotopic (exact) mass is 287 g/mol. The smallest absolute Gasteiger partial charge is 0.338 e. The second kappa shape index (κ2) is 6.65. The summed E-state index contributed by atoms with van der Waals surface area (Å²) in [7, 11) is 3.13. The summed E-state index contributed by atoms with van der Waals surface area (Å²) in [6.07, 6.45) is 0. The number of hydrogen-bond acceptors (Lipinski definition) is 5. The lowest BCUT2D eigenvalue weighted by Crippen LogP contribution is -2.05. The van der Waals surface area contributed by atoms with Crippen LogP contribution in [0.1, 0.15) is 15.9 Å².